The van der Waals surface area contributed by atoms with Crippen molar-refractivity contribution in [2.24, 2.45) is 5.92 Å². The van der Waals surface area contributed by atoms with Crippen LogP contribution in [0.4, 0.5) is 10.1 Å². The van der Waals surface area contributed by atoms with Crippen LogP contribution in [-0.2, 0) is 17.8 Å². The van der Waals surface area contributed by atoms with Crippen LogP contribution in [0.2, 0.25) is 0 Å². The van der Waals surface area contributed by atoms with Gasteiger partial charge >= 0.3 is 0 Å². The molecule has 1 amide bonds. The van der Waals surface area contributed by atoms with Gasteiger partial charge in [-0.15, -0.1) is 0 Å². The maximum Gasteiger partial charge on any atom is 0.277 e. The summed E-state index contributed by atoms with van der Waals surface area (Å²) >= 11 is 1.75. The first-order chi connectivity index (χ1) is 15.5. The fraction of sp³-hybridized carbons (Fsp3) is 0.320. The molecule has 0 aliphatic rings. The number of anilines is 1. The van der Waals surface area contributed by atoms with Gasteiger partial charge in [0.1, 0.15) is 17.3 Å². The molecule has 3 rings (SSSR count). The summed E-state index contributed by atoms with van der Waals surface area (Å²) in [4.78, 5) is 29.9. The number of hydrogen-bond donors (Lipinski definition) is 1. The van der Waals surface area contributed by atoms with Crippen LogP contribution in [0.25, 0.3) is 11.4 Å². The summed E-state index contributed by atoms with van der Waals surface area (Å²) in [5.74, 6) is 1.35. The Balaban J connectivity index is 1.77. The smallest absolute Gasteiger partial charge is 0.277 e. The van der Waals surface area contributed by atoms with Crippen LogP contribution in [-0.4, -0.2) is 27.0 Å². The summed E-state index contributed by atoms with van der Waals surface area (Å²) in [6.45, 7) is 4.17. The zero-order valence-corrected chi connectivity index (χ0v) is 19.2. The predicted molar refractivity (Wildman–Crippen MR) is 129 cm³/mol. The largest absolute Gasteiger partial charge is 0.320 e. The Labute approximate surface area is 192 Å². The molecule has 0 saturated carbocycles. The number of nitrogens with zero attached hydrogens (tertiary/aromatic N) is 2. The number of aromatic nitrogens is 2. The minimum Gasteiger partial charge on any atom is -0.320 e. The number of carbonyl (C=O) groups excluding carboxylic acids is 1. The highest BCUT2D eigenvalue weighted by Crippen LogP contribution is 2.18. The molecule has 0 unspecified atom stereocenters. The molecule has 1 heterocycles. The summed E-state index contributed by atoms with van der Waals surface area (Å²) < 4.78 is 15.0. The Morgan fingerprint density at radius 2 is 1.84 bits per heavy atom. The van der Waals surface area contributed by atoms with E-state index in [2.05, 4.69) is 22.4 Å². The molecule has 168 valence electrons. The Kier molecular flexibility index (Phi) is 8.62. The molecule has 1 aromatic heterocycles. The van der Waals surface area contributed by atoms with Gasteiger partial charge < -0.3 is 5.32 Å². The summed E-state index contributed by atoms with van der Waals surface area (Å²) in [6.07, 6.45) is 3.02. The molecule has 0 fully saturated rings. The Morgan fingerprint density at radius 1 is 1.12 bits per heavy atom. The molecule has 0 bridgehead atoms. The van der Waals surface area contributed by atoms with Gasteiger partial charge in [0.2, 0.25) is 5.91 Å². The van der Waals surface area contributed by atoms with E-state index in [1.165, 1.54) is 23.9 Å². The molecule has 1 N–H and O–H groups in total. The molecule has 1 atom stereocenters. The number of thioether (sulfide) groups is 1. The van der Waals surface area contributed by atoms with Crippen molar-refractivity contribution < 1.29 is 9.18 Å². The van der Waals surface area contributed by atoms with E-state index in [9.17, 15) is 14.0 Å². The minimum atomic E-state index is -0.350. The summed E-state index contributed by atoms with van der Waals surface area (Å²) in [7, 11) is 0. The molecular formula is C25H28FN3O2S. The number of hydrogen-bond acceptors (Lipinski definition) is 4. The molecule has 0 radical (unpaired) electrons. The molecule has 7 heteroatoms. The maximum atomic E-state index is 13.4. The van der Waals surface area contributed by atoms with Crippen LogP contribution in [0, 0.1) is 11.7 Å². The number of nitrogens with one attached hydrogen (secondary N) is 1. The second-order valence-corrected chi connectivity index (χ2v) is 8.83. The Hall–Kier alpha value is -2.93. The van der Waals surface area contributed by atoms with Crippen LogP contribution in [0.15, 0.2) is 65.6 Å². The zero-order chi connectivity index (χ0) is 22.9. The van der Waals surface area contributed by atoms with Crippen molar-refractivity contribution in [1.82, 2.24) is 9.55 Å². The van der Waals surface area contributed by atoms with Gasteiger partial charge in [-0.2, -0.15) is 11.8 Å². The lowest BCUT2D eigenvalue weighted by Gasteiger charge is -2.15. The number of rotatable bonds is 10. The lowest BCUT2D eigenvalue weighted by Crippen LogP contribution is -2.30. The van der Waals surface area contributed by atoms with Gasteiger partial charge in [0.25, 0.3) is 5.56 Å². The Morgan fingerprint density at radius 3 is 2.53 bits per heavy atom. The fourth-order valence-corrected chi connectivity index (χ4v) is 4.04. The van der Waals surface area contributed by atoms with Gasteiger partial charge in [-0.3, -0.25) is 14.2 Å². The van der Waals surface area contributed by atoms with Gasteiger partial charge in [-0.05, 0) is 48.4 Å². The number of benzene rings is 2. The standard InChI is InChI=1S/C25H28FN3O2S/c1-3-18(2)24(30)28-22-17-27-23(20-9-11-21(26)12-10-20)29(25(22)31)14-16-32-15-13-19-7-5-4-6-8-19/h4-12,17-18H,3,13-16H2,1-2H3,(H,28,30)/t18-/m1/s1. The molecule has 5 nitrogen and oxygen atoms in total. The van der Waals surface area contributed by atoms with Crippen molar-refractivity contribution >= 4 is 23.4 Å². The van der Waals surface area contributed by atoms with Gasteiger partial charge in [0, 0.05) is 23.8 Å². The van der Waals surface area contributed by atoms with E-state index in [4.69, 9.17) is 0 Å². The van der Waals surface area contributed by atoms with Gasteiger partial charge in [-0.25, -0.2) is 9.37 Å². The summed E-state index contributed by atoms with van der Waals surface area (Å²) in [6, 6.07) is 16.2. The maximum absolute atomic E-state index is 13.4. The fourth-order valence-electron chi connectivity index (χ4n) is 3.15. The molecule has 32 heavy (non-hydrogen) atoms. The minimum absolute atomic E-state index is 0.162. The first-order valence-corrected chi connectivity index (χ1v) is 11.9. The monoisotopic (exact) mass is 453 g/mol. The van der Waals surface area contributed by atoms with Gasteiger partial charge in [0.05, 0.1) is 6.20 Å². The predicted octanol–water partition coefficient (Wildman–Crippen LogP) is 5.01. The van der Waals surface area contributed by atoms with Crippen LogP contribution in [0.1, 0.15) is 25.8 Å². The molecule has 2 aromatic carbocycles. The van der Waals surface area contributed by atoms with Crippen LogP contribution < -0.4 is 10.9 Å². The zero-order valence-electron chi connectivity index (χ0n) is 18.4. The van der Waals surface area contributed by atoms with Crippen molar-refractivity contribution in [1.29, 1.82) is 0 Å². The second-order valence-electron chi connectivity index (χ2n) is 7.61. The van der Waals surface area contributed by atoms with E-state index in [-0.39, 0.29) is 28.9 Å². The van der Waals surface area contributed by atoms with E-state index < -0.39 is 0 Å². The number of aryl methyl sites for hydroxylation is 1. The number of carbonyl (C=O) groups is 1. The molecule has 0 aliphatic carbocycles. The highest BCUT2D eigenvalue weighted by molar-refractivity contribution is 7.99. The third-order valence-electron chi connectivity index (χ3n) is 5.30. The van der Waals surface area contributed by atoms with E-state index in [0.717, 1.165) is 12.2 Å². The quantitative estimate of drug-likeness (QED) is 0.438. The average Bonchev–Trinajstić information content (AvgIpc) is 2.81. The van der Waals surface area contributed by atoms with E-state index in [0.29, 0.717) is 30.1 Å². The van der Waals surface area contributed by atoms with E-state index in [1.54, 1.807) is 28.5 Å². The molecule has 3 aromatic rings. The van der Waals surface area contributed by atoms with Crippen molar-refractivity contribution in [3.63, 3.8) is 0 Å². The van der Waals surface area contributed by atoms with Crippen molar-refractivity contribution in [2.75, 3.05) is 16.8 Å². The Bertz CT molecular complexity index is 1080. The van der Waals surface area contributed by atoms with Crippen LogP contribution in [0.3, 0.4) is 0 Å². The normalized spacial score (nSPS) is 11.8. The van der Waals surface area contributed by atoms with Crippen molar-refractivity contribution in [3.05, 3.63) is 82.5 Å². The summed E-state index contributed by atoms with van der Waals surface area (Å²) in [5, 5.41) is 2.71. The van der Waals surface area contributed by atoms with Crippen molar-refractivity contribution in [3.8, 4) is 11.4 Å². The van der Waals surface area contributed by atoms with Crippen LogP contribution in [0.5, 0.6) is 0 Å². The first kappa shape index (κ1) is 23.7. The lowest BCUT2D eigenvalue weighted by atomic mass is 10.1. The topological polar surface area (TPSA) is 64.0 Å². The van der Waals surface area contributed by atoms with E-state index in [1.807, 2.05) is 32.0 Å². The number of amides is 1. The van der Waals surface area contributed by atoms with Gasteiger partial charge in [-0.1, -0.05) is 44.2 Å². The third-order valence-corrected chi connectivity index (χ3v) is 6.27. The van der Waals surface area contributed by atoms with E-state index >= 15 is 0 Å². The van der Waals surface area contributed by atoms with Crippen LogP contribution >= 0.6 is 11.8 Å². The van der Waals surface area contributed by atoms with Crippen molar-refractivity contribution in [2.45, 2.75) is 33.2 Å². The SMILES string of the molecule is CC[C@@H](C)C(=O)Nc1cnc(-c2ccc(F)cc2)n(CCSCCc2ccccc2)c1=O. The first-order valence-electron chi connectivity index (χ1n) is 10.8. The molecule has 0 saturated heterocycles. The van der Waals surface area contributed by atoms with Gasteiger partial charge in [0.15, 0.2) is 0 Å². The number of halogens is 1. The highest BCUT2D eigenvalue weighted by Gasteiger charge is 2.16. The lowest BCUT2D eigenvalue weighted by molar-refractivity contribution is -0.119. The summed E-state index contributed by atoms with van der Waals surface area (Å²) in [5.41, 5.74) is 1.79. The molecular weight excluding hydrogens is 425 g/mol. The second kappa shape index (κ2) is 11.6. The molecule has 0 aliphatic heterocycles. The third kappa shape index (κ3) is 6.29. The average molecular weight is 454 g/mol. The molecule has 0 spiro atoms. The highest BCUT2D eigenvalue weighted by atomic mass is 32.2.